The summed E-state index contributed by atoms with van der Waals surface area (Å²) in [5.74, 6) is -3.16. The Labute approximate surface area is 204 Å². The van der Waals surface area contributed by atoms with Crippen molar-refractivity contribution < 1.29 is 22.3 Å². The van der Waals surface area contributed by atoms with Gasteiger partial charge in [0.05, 0.1) is 12.7 Å². The van der Waals surface area contributed by atoms with Crippen molar-refractivity contribution in [1.29, 1.82) is 0 Å². The van der Waals surface area contributed by atoms with E-state index in [9.17, 15) is 8.78 Å². The molecule has 0 radical (unpaired) electrons. The van der Waals surface area contributed by atoms with Gasteiger partial charge in [0.1, 0.15) is 0 Å². The molecule has 0 spiro atoms. The van der Waals surface area contributed by atoms with Gasteiger partial charge >= 0.3 is 0 Å². The Morgan fingerprint density at radius 1 is 0.800 bits per heavy atom. The minimum atomic E-state index is -0.932. The van der Waals surface area contributed by atoms with Crippen LogP contribution in [0, 0.1) is 29.2 Å². The normalized spacial score (nSPS) is 18.3. The SMILES string of the molecule is C/C=C/CCC1CCC(c2ccc(-c3ccc(-c4ccc(CC)c(F)c4F)cc3)c(F)c2F)OC1. The van der Waals surface area contributed by atoms with Crippen LogP contribution in [0.5, 0.6) is 0 Å². The molecule has 0 bridgehead atoms. The zero-order valence-corrected chi connectivity index (χ0v) is 20.1. The second-order valence-corrected chi connectivity index (χ2v) is 9.07. The number of rotatable bonds is 7. The van der Waals surface area contributed by atoms with Crippen LogP contribution < -0.4 is 0 Å². The molecule has 3 aromatic carbocycles. The van der Waals surface area contributed by atoms with Gasteiger partial charge < -0.3 is 4.74 Å². The Hall–Kier alpha value is -2.92. The van der Waals surface area contributed by atoms with Crippen molar-refractivity contribution in [3.63, 3.8) is 0 Å². The van der Waals surface area contributed by atoms with Crippen LogP contribution in [0.1, 0.15) is 56.8 Å². The van der Waals surface area contributed by atoms with Gasteiger partial charge in [-0.1, -0.05) is 67.6 Å². The number of benzene rings is 3. The van der Waals surface area contributed by atoms with E-state index in [1.165, 1.54) is 6.07 Å². The largest absolute Gasteiger partial charge is 0.373 e. The van der Waals surface area contributed by atoms with E-state index in [4.69, 9.17) is 4.74 Å². The molecule has 0 amide bonds. The lowest BCUT2D eigenvalue weighted by Crippen LogP contribution is -2.21. The van der Waals surface area contributed by atoms with Crippen LogP contribution in [0.3, 0.4) is 0 Å². The molecule has 4 rings (SSSR count). The number of allylic oxidation sites excluding steroid dienone is 2. The molecule has 0 aromatic heterocycles. The van der Waals surface area contributed by atoms with Crippen molar-refractivity contribution in [3.05, 3.63) is 95.1 Å². The quantitative estimate of drug-likeness (QED) is 0.241. The van der Waals surface area contributed by atoms with E-state index >= 15 is 8.78 Å². The number of ether oxygens (including phenoxy) is 1. The molecule has 0 aliphatic carbocycles. The van der Waals surface area contributed by atoms with Crippen molar-refractivity contribution in [1.82, 2.24) is 0 Å². The molecule has 5 heteroatoms. The molecular weight excluding hydrogens is 452 g/mol. The van der Waals surface area contributed by atoms with Crippen LogP contribution >= 0.6 is 0 Å². The topological polar surface area (TPSA) is 9.23 Å². The molecule has 1 heterocycles. The van der Waals surface area contributed by atoms with E-state index in [0.29, 0.717) is 42.1 Å². The monoisotopic (exact) mass is 482 g/mol. The summed E-state index contributed by atoms with van der Waals surface area (Å²) in [4.78, 5) is 0. The Morgan fingerprint density at radius 2 is 1.43 bits per heavy atom. The molecule has 2 atom stereocenters. The number of aryl methyl sites for hydroxylation is 1. The molecule has 1 aliphatic rings. The Morgan fingerprint density at radius 3 is 2.00 bits per heavy atom. The smallest absolute Gasteiger partial charge is 0.167 e. The Bertz CT molecular complexity index is 1190. The first-order valence-electron chi connectivity index (χ1n) is 12.2. The summed E-state index contributed by atoms with van der Waals surface area (Å²) in [7, 11) is 0. The third-order valence-electron chi connectivity index (χ3n) is 6.86. The van der Waals surface area contributed by atoms with Gasteiger partial charge in [-0.25, -0.2) is 17.6 Å². The molecule has 3 aromatic rings. The number of hydrogen-bond donors (Lipinski definition) is 0. The van der Waals surface area contributed by atoms with E-state index in [1.807, 2.05) is 13.0 Å². The van der Waals surface area contributed by atoms with Gasteiger partial charge in [-0.15, -0.1) is 0 Å². The van der Waals surface area contributed by atoms with Crippen molar-refractivity contribution >= 4 is 0 Å². The standard InChI is InChI=1S/C30H30F4O/c1-3-5-6-7-19-8-17-26(35-18-19)25-16-15-24(29(33)30(25)34)22-11-9-21(10-12-22)23-14-13-20(4-2)27(31)28(23)32/h3,5,9-16,19,26H,4,6-8,17-18H2,1-2H3/b5-3+. The molecule has 184 valence electrons. The lowest BCUT2D eigenvalue weighted by atomic mass is 9.90. The second-order valence-electron chi connectivity index (χ2n) is 9.07. The highest BCUT2D eigenvalue weighted by Gasteiger charge is 2.27. The van der Waals surface area contributed by atoms with E-state index in [2.05, 4.69) is 6.08 Å². The van der Waals surface area contributed by atoms with Gasteiger partial charge in [-0.05, 0) is 61.6 Å². The van der Waals surface area contributed by atoms with Gasteiger partial charge in [0.2, 0.25) is 0 Å². The highest BCUT2D eigenvalue weighted by molar-refractivity contribution is 5.71. The van der Waals surface area contributed by atoms with E-state index in [-0.39, 0.29) is 16.7 Å². The highest BCUT2D eigenvalue weighted by Crippen LogP contribution is 2.37. The lowest BCUT2D eigenvalue weighted by Gasteiger charge is -2.29. The minimum absolute atomic E-state index is 0.117. The molecule has 1 saturated heterocycles. The molecule has 0 saturated carbocycles. The second kappa shape index (κ2) is 11.2. The van der Waals surface area contributed by atoms with Gasteiger partial charge in [0, 0.05) is 16.7 Å². The Kier molecular flexibility index (Phi) is 8.07. The lowest BCUT2D eigenvalue weighted by molar-refractivity contribution is -0.0210. The van der Waals surface area contributed by atoms with Crippen molar-refractivity contribution in [3.8, 4) is 22.3 Å². The van der Waals surface area contributed by atoms with Crippen LogP contribution in [-0.4, -0.2) is 6.61 Å². The molecule has 35 heavy (non-hydrogen) atoms. The molecule has 1 fully saturated rings. The third-order valence-corrected chi connectivity index (χ3v) is 6.86. The molecule has 1 aliphatic heterocycles. The summed E-state index contributed by atoms with van der Waals surface area (Å²) in [6.07, 6.45) is 7.70. The van der Waals surface area contributed by atoms with Crippen molar-refractivity contribution in [2.24, 2.45) is 5.92 Å². The van der Waals surface area contributed by atoms with E-state index < -0.39 is 29.4 Å². The molecular formula is C30H30F4O. The molecule has 1 nitrogen and oxygen atoms in total. The van der Waals surface area contributed by atoms with Crippen molar-refractivity contribution in [2.45, 2.75) is 52.1 Å². The zero-order chi connectivity index (χ0) is 24.9. The van der Waals surface area contributed by atoms with Gasteiger partial charge in [0.25, 0.3) is 0 Å². The first-order chi connectivity index (χ1) is 16.9. The maximum absolute atomic E-state index is 15.1. The average molecular weight is 483 g/mol. The summed E-state index contributed by atoms with van der Waals surface area (Å²) < 4.78 is 64.7. The van der Waals surface area contributed by atoms with Crippen LogP contribution in [0.2, 0.25) is 0 Å². The fourth-order valence-corrected chi connectivity index (χ4v) is 4.73. The molecule has 2 unspecified atom stereocenters. The first-order valence-corrected chi connectivity index (χ1v) is 12.2. The predicted octanol–water partition coefficient (Wildman–Crippen LogP) is 8.96. The predicted molar refractivity (Wildman–Crippen MR) is 132 cm³/mol. The maximum Gasteiger partial charge on any atom is 0.167 e. The number of halogens is 4. The summed E-state index contributed by atoms with van der Waals surface area (Å²) in [5.41, 5.74) is 1.72. The summed E-state index contributed by atoms with van der Waals surface area (Å²) >= 11 is 0. The summed E-state index contributed by atoms with van der Waals surface area (Å²) in [6, 6.07) is 12.6. The fraction of sp³-hybridized carbons (Fsp3) is 0.333. The highest BCUT2D eigenvalue weighted by atomic mass is 19.2. The van der Waals surface area contributed by atoms with Crippen LogP contribution in [0.25, 0.3) is 22.3 Å². The fourth-order valence-electron chi connectivity index (χ4n) is 4.73. The van der Waals surface area contributed by atoms with Gasteiger partial charge in [-0.2, -0.15) is 0 Å². The van der Waals surface area contributed by atoms with Crippen LogP contribution in [-0.2, 0) is 11.2 Å². The van der Waals surface area contributed by atoms with Gasteiger partial charge in [0.15, 0.2) is 23.3 Å². The van der Waals surface area contributed by atoms with E-state index in [0.717, 1.165) is 19.3 Å². The maximum atomic E-state index is 15.1. The summed E-state index contributed by atoms with van der Waals surface area (Å²) in [5, 5.41) is 0. The zero-order valence-electron chi connectivity index (χ0n) is 20.1. The third kappa shape index (κ3) is 5.35. The van der Waals surface area contributed by atoms with Gasteiger partial charge in [-0.3, -0.25) is 0 Å². The Balaban J connectivity index is 1.51. The van der Waals surface area contributed by atoms with E-state index in [1.54, 1.807) is 49.4 Å². The van der Waals surface area contributed by atoms with Crippen molar-refractivity contribution in [2.75, 3.05) is 6.61 Å². The van der Waals surface area contributed by atoms with Crippen LogP contribution in [0.4, 0.5) is 17.6 Å². The average Bonchev–Trinajstić information content (AvgIpc) is 2.88. The number of hydrogen-bond acceptors (Lipinski definition) is 1. The summed E-state index contributed by atoms with van der Waals surface area (Å²) in [6.45, 7) is 4.30. The molecule has 0 N–H and O–H groups in total. The first kappa shape index (κ1) is 25.2. The van der Waals surface area contributed by atoms with Crippen LogP contribution in [0.15, 0.2) is 60.7 Å². The minimum Gasteiger partial charge on any atom is -0.373 e.